The molecule has 1 aliphatic heterocycles. The second kappa shape index (κ2) is 6.80. The summed E-state index contributed by atoms with van der Waals surface area (Å²) in [5, 5.41) is 0. The fourth-order valence-corrected chi connectivity index (χ4v) is 5.36. The number of fused-ring (bicyclic) bond motifs is 2. The van der Waals surface area contributed by atoms with Gasteiger partial charge in [-0.25, -0.2) is 0 Å². The highest BCUT2D eigenvalue weighted by atomic mass is 32.2. The standard InChI is InChI=1S/C21H25NO3S/c1-15-7-9-19(26(23,24)25)11-18(15)12-20-17-8-10-21(20)22(14-17)13-16-5-3-2-4-6-16/h2-7,9,11,17,20-21H,8,10,12-14H2,1H3,(H,23,24,25). The molecule has 4 rings (SSSR count). The molecule has 2 aromatic rings. The summed E-state index contributed by atoms with van der Waals surface area (Å²) in [5.41, 5.74) is 3.49. The summed E-state index contributed by atoms with van der Waals surface area (Å²) in [4.78, 5) is 2.60. The minimum absolute atomic E-state index is 0.00425. The van der Waals surface area contributed by atoms with Gasteiger partial charge in [0.1, 0.15) is 0 Å². The van der Waals surface area contributed by atoms with Gasteiger partial charge in [-0.15, -0.1) is 0 Å². The molecule has 2 bridgehead atoms. The van der Waals surface area contributed by atoms with Crippen LogP contribution in [0.25, 0.3) is 0 Å². The first-order chi connectivity index (χ1) is 12.4. The summed E-state index contributed by atoms with van der Waals surface area (Å²) in [7, 11) is -4.15. The predicted octanol–water partition coefficient (Wildman–Crippen LogP) is 3.69. The van der Waals surface area contributed by atoms with Crippen molar-refractivity contribution in [3.63, 3.8) is 0 Å². The van der Waals surface area contributed by atoms with Crippen molar-refractivity contribution in [2.24, 2.45) is 11.8 Å². The predicted molar refractivity (Wildman–Crippen MR) is 102 cm³/mol. The lowest BCUT2D eigenvalue weighted by Crippen LogP contribution is -2.33. The zero-order valence-electron chi connectivity index (χ0n) is 15.0. The van der Waals surface area contributed by atoms with E-state index in [0.29, 0.717) is 17.9 Å². The quantitative estimate of drug-likeness (QED) is 0.815. The molecule has 0 amide bonds. The molecule has 26 heavy (non-hydrogen) atoms. The van der Waals surface area contributed by atoms with Gasteiger partial charge in [0, 0.05) is 19.1 Å². The van der Waals surface area contributed by atoms with E-state index in [0.717, 1.165) is 30.6 Å². The molecule has 138 valence electrons. The van der Waals surface area contributed by atoms with Gasteiger partial charge in [0.2, 0.25) is 0 Å². The first kappa shape index (κ1) is 17.7. The second-order valence-corrected chi connectivity index (χ2v) is 9.17. The van der Waals surface area contributed by atoms with Crippen LogP contribution in [0, 0.1) is 18.8 Å². The van der Waals surface area contributed by atoms with Gasteiger partial charge in [-0.05, 0) is 66.8 Å². The highest BCUT2D eigenvalue weighted by Crippen LogP contribution is 2.45. The number of nitrogens with zero attached hydrogens (tertiary/aromatic N) is 1. The molecule has 3 unspecified atom stereocenters. The Bertz CT molecular complexity index is 895. The molecule has 1 heterocycles. The Hall–Kier alpha value is -1.69. The molecule has 2 aliphatic rings. The van der Waals surface area contributed by atoms with E-state index >= 15 is 0 Å². The van der Waals surface area contributed by atoms with E-state index in [2.05, 4.69) is 29.2 Å². The Morgan fingerprint density at radius 2 is 1.88 bits per heavy atom. The van der Waals surface area contributed by atoms with E-state index in [1.54, 1.807) is 12.1 Å². The van der Waals surface area contributed by atoms with E-state index in [-0.39, 0.29) is 4.90 Å². The molecule has 0 spiro atoms. The van der Waals surface area contributed by atoms with Gasteiger partial charge in [-0.2, -0.15) is 8.42 Å². The van der Waals surface area contributed by atoms with E-state index < -0.39 is 10.1 Å². The maximum absolute atomic E-state index is 11.5. The summed E-state index contributed by atoms with van der Waals surface area (Å²) < 4.78 is 32.3. The molecule has 2 fully saturated rings. The van der Waals surface area contributed by atoms with E-state index in [4.69, 9.17) is 0 Å². The minimum Gasteiger partial charge on any atom is -0.296 e. The average Bonchev–Trinajstić information content (AvgIpc) is 3.13. The molecule has 5 heteroatoms. The smallest absolute Gasteiger partial charge is 0.294 e. The minimum atomic E-state index is -4.15. The average molecular weight is 372 g/mol. The number of likely N-dealkylation sites (tertiary alicyclic amines) is 1. The number of benzene rings is 2. The molecule has 0 aromatic heterocycles. The normalized spacial score (nSPS) is 25.7. The van der Waals surface area contributed by atoms with Gasteiger partial charge >= 0.3 is 0 Å². The summed E-state index contributed by atoms with van der Waals surface area (Å²) in [6, 6.07) is 16.1. The van der Waals surface area contributed by atoms with Crippen molar-refractivity contribution in [2.75, 3.05) is 6.54 Å². The van der Waals surface area contributed by atoms with Crippen LogP contribution in [0.5, 0.6) is 0 Å². The Balaban J connectivity index is 1.53. The van der Waals surface area contributed by atoms with Crippen LogP contribution >= 0.6 is 0 Å². The monoisotopic (exact) mass is 371 g/mol. The third-order valence-corrected chi connectivity index (χ3v) is 7.02. The van der Waals surface area contributed by atoms with Gasteiger partial charge in [-0.1, -0.05) is 36.4 Å². The number of hydrogen-bond donors (Lipinski definition) is 1. The first-order valence-corrected chi connectivity index (χ1v) is 10.7. The zero-order chi connectivity index (χ0) is 18.3. The lowest BCUT2D eigenvalue weighted by atomic mass is 9.89. The largest absolute Gasteiger partial charge is 0.296 e. The summed E-state index contributed by atoms with van der Waals surface area (Å²) in [5.74, 6) is 1.24. The fourth-order valence-electron chi connectivity index (χ4n) is 4.83. The van der Waals surface area contributed by atoms with Gasteiger partial charge in [0.05, 0.1) is 4.90 Å². The van der Waals surface area contributed by atoms with Crippen LogP contribution in [0.15, 0.2) is 53.4 Å². The number of aryl methyl sites for hydroxylation is 1. The second-order valence-electron chi connectivity index (χ2n) is 7.75. The number of hydrogen-bond acceptors (Lipinski definition) is 3. The first-order valence-electron chi connectivity index (χ1n) is 9.27. The highest BCUT2D eigenvalue weighted by Gasteiger charge is 2.46. The Labute approximate surface area is 155 Å². The Kier molecular flexibility index (Phi) is 4.63. The van der Waals surface area contributed by atoms with Crippen molar-refractivity contribution in [2.45, 2.75) is 43.7 Å². The third-order valence-electron chi connectivity index (χ3n) is 6.17. The van der Waals surface area contributed by atoms with Crippen LogP contribution in [-0.2, 0) is 23.1 Å². The molecular formula is C21H25NO3S. The lowest BCUT2D eigenvalue weighted by molar-refractivity contribution is 0.197. The molecule has 0 radical (unpaired) electrons. The van der Waals surface area contributed by atoms with Gasteiger partial charge in [0.25, 0.3) is 10.1 Å². The molecule has 1 saturated heterocycles. The van der Waals surface area contributed by atoms with E-state index in [9.17, 15) is 13.0 Å². The molecule has 1 saturated carbocycles. The van der Waals surface area contributed by atoms with Crippen LogP contribution in [0.3, 0.4) is 0 Å². The Morgan fingerprint density at radius 3 is 2.62 bits per heavy atom. The molecule has 3 atom stereocenters. The van der Waals surface area contributed by atoms with Crippen molar-refractivity contribution in [1.82, 2.24) is 4.90 Å². The maximum Gasteiger partial charge on any atom is 0.294 e. The zero-order valence-corrected chi connectivity index (χ0v) is 15.8. The van der Waals surface area contributed by atoms with Gasteiger partial charge in [-0.3, -0.25) is 9.45 Å². The van der Waals surface area contributed by atoms with Gasteiger partial charge in [0.15, 0.2) is 0 Å². The maximum atomic E-state index is 11.5. The van der Waals surface area contributed by atoms with E-state index in [1.165, 1.54) is 24.5 Å². The summed E-state index contributed by atoms with van der Waals surface area (Å²) >= 11 is 0. The fraction of sp³-hybridized carbons (Fsp3) is 0.429. The van der Waals surface area contributed by atoms with Crippen LogP contribution in [0.2, 0.25) is 0 Å². The summed E-state index contributed by atoms with van der Waals surface area (Å²) in [6.45, 7) is 4.13. The van der Waals surface area contributed by atoms with Crippen molar-refractivity contribution in [3.05, 3.63) is 65.2 Å². The number of piperidine rings is 1. The van der Waals surface area contributed by atoms with Crippen LogP contribution in [-0.4, -0.2) is 30.5 Å². The Morgan fingerprint density at radius 1 is 1.12 bits per heavy atom. The topological polar surface area (TPSA) is 57.6 Å². The lowest BCUT2D eigenvalue weighted by Gasteiger charge is -2.27. The molecule has 2 aromatic carbocycles. The SMILES string of the molecule is Cc1ccc(S(=O)(=O)O)cc1CC1C2CCC1N(Cc1ccccc1)C2. The van der Waals surface area contributed by atoms with Gasteiger partial charge < -0.3 is 0 Å². The molecule has 4 nitrogen and oxygen atoms in total. The molecular weight excluding hydrogens is 346 g/mol. The van der Waals surface area contributed by atoms with Crippen molar-refractivity contribution in [3.8, 4) is 0 Å². The highest BCUT2D eigenvalue weighted by molar-refractivity contribution is 7.85. The van der Waals surface area contributed by atoms with Crippen LogP contribution in [0.4, 0.5) is 0 Å². The van der Waals surface area contributed by atoms with E-state index in [1.807, 2.05) is 13.0 Å². The van der Waals surface area contributed by atoms with Crippen molar-refractivity contribution >= 4 is 10.1 Å². The van der Waals surface area contributed by atoms with Crippen molar-refractivity contribution in [1.29, 1.82) is 0 Å². The van der Waals surface area contributed by atoms with Crippen molar-refractivity contribution < 1.29 is 13.0 Å². The van der Waals surface area contributed by atoms with Crippen LogP contribution in [0.1, 0.15) is 29.5 Å². The molecule has 1 aliphatic carbocycles. The number of rotatable bonds is 5. The third kappa shape index (κ3) is 3.43. The summed E-state index contributed by atoms with van der Waals surface area (Å²) in [6.07, 6.45) is 3.37. The van der Waals surface area contributed by atoms with Crippen LogP contribution < -0.4 is 0 Å². The molecule has 1 N–H and O–H groups in total.